The highest BCUT2D eigenvalue weighted by Gasteiger charge is 2.49. The second kappa shape index (κ2) is 6.29. The van der Waals surface area contributed by atoms with Gasteiger partial charge >= 0.3 is 12.1 Å². The molecule has 4 amide bonds. The fourth-order valence-electron chi connectivity index (χ4n) is 5.40. The van der Waals surface area contributed by atoms with Gasteiger partial charge in [-0.1, -0.05) is 57.4 Å². The van der Waals surface area contributed by atoms with Gasteiger partial charge in [-0.2, -0.15) is 0 Å². The van der Waals surface area contributed by atoms with Crippen LogP contribution in [0.5, 0.6) is 0 Å². The van der Waals surface area contributed by atoms with Gasteiger partial charge in [-0.25, -0.2) is 14.5 Å². The van der Waals surface area contributed by atoms with Crippen molar-refractivity contribution in [3.05, 3.63) is 35.4 Å². The highest BCUT2D eigenvalue weighted by Crippen LogP contribution is 2.47. The summed E-state index contributed by atoms with van der Waals surface area (Å²) in [5.74, 6) is 0. The molecular weight excluding hydrogens is 326 g/mol. The molecule has 1 aromatic carbocycles. The van der Waals surface area contributed by atoms with Gasteiger partial charge < -0.3 is 10.2 Å². The van der Waals surface area contributed by atoms with Crippen LogP contribution in [0.25, 0.3) is 0 Å². The number of carbonyl (C=O) groups is 2. The molecule has 0 aromatic heterocycles. The Bertz CT molecular complexity index is 722. The topological polar surface area (TPSA) is 52.7 Å². The number of nitrogens with one attached hydrogen (secondary N) is 1. The molecule has 2 aliphatic heterocycles. The van der Waals surface area contributed by atoms with Crippen LogP contribution in [-0.2, 0) is 12.0 Å². The summed E-state index contributed by atoms with van der Waals surface area (Å²) < 4.78 is 0. The SMILES string of the molecule is CC1(C)CC2(CCCCC2)N(C(=O)N2CCNC2=O)Cc2ccccc21. The summed E-state index contributed by atoms with van der Waals surface area (Å²) in [5, 5.41) is 2.77. The summed E-state index contributed by atoms with van der Waals surface area (Å²) in [7, 11) is 0. The minimum Gasteiger partial charge on any atom is -0.336 e. The van der Waals surface area contributed by atoms with Crippen molar-refractivity contribution in [3.63, 3.8) is 0 Å². The first kappa shape index (κ1) is 17.4. The van der Waals surface area contributed by atoms with Gasteiger partial charge in [-0.05, 0) is 35.8 Å². The van der Waals surface area contributed by atoms with E-state index in [1.165, 1.54) is 22.4 Å². The number of nitrogens with zero attached hydrogens (tertiary/aromatic N) is 2. The fraction of sp³-hybridized carbons (Fsp3) is 0.619. The molecule has 1 aromatic rings. The Balaban J connectivity index is 1.78. The molecule has 4 rings (SSSR count). The Kier molecular flexibility index (Phi) is 4.20. The van der Waals surface area contributed by atoms with Crippen LogP contribution in [0, 0.1) is 0 Å². The number of urea groups is 2. The van der Waals surface area contributed by atoms with Crippen LogP contribution in [0.1, 0.15) is 63.5 Å². The van der Waals surface area contributed by atoms with E-state index < -0.39 is 0 Å². The van der Waals surface area contributed by atoms with Crippen LogP contribution in [0.4, 0.5) is 9.59 Å². The number of benzene rings is 1. The molecule has 5 nitrogen and oxygen atoms in total. The Morgan fingerprint density at radius 3 is 2.54 bits per heavy atom. The average molecular weight is 355 g/mol. The maximum absolute atomic E-state index is 13.4. The third-order valence-corrected chi connectivity index (χ3v) is 6.52. The van der Waals surface area contributed by atoms with E-state index in [0.717, 1.165) is 32.1 Å². The lowest BCUT2D eigenvalue weighted by atomic mass is 9.68. The molecule has 0 radical (unpaired) electrons. The van der Waals surface area contributed by atoms with E-state index in [2.05, 4.69) is 43.4 Å². The molecule has 0 unspecified atom stereocenters. The Hall–Kier alpha value is -2.04. The molecule has 2 heterocycles. The van der Waals surface area contributed by atoms with Crippen molar-refractivity contribution in [2.75, 3.05) is 13.1 Å². The van der Waals surface area contributed by atoms with Gasteiger partial charge in [-0.3, -0.25) is 0 Å². The van der Waals surface area contributed by atoms with Crippen LogP contribution < -0.4 is 5.32 Å². The molecule has 5 heteroatoms. The molecule has 26 heavy (non-hydrogen) atoms. The summed E-state index contributed by atoms with van der Waals surface area (Å²) in [5.41, 5.74) is 2.41. The zero-order valence-corrected chi connectivity index (χ0v) is 15.9. The number of amides is 4. The number of imide groups is 1. The minimum absolute atomic E-state index is 0.0102. The smallest absolute Gasteiger partial charge is 0.328 e. The third kappa shape index (κ3) is 2.78. The zero-order chi connectivity index (χ0) is 18.4. The van der Waals surface area contributed by atoms with Gasteiger partial charge in [0, 0.05) is 25.2 Å². The number of rotatable bonds is 0. The highest BCUT2D eigenvalue weighted by atomic mass is 16.2. The van der Waals surface area contributed by atoms with Crippen LogP contribution in [0.2, 0.25) is 0 Å². The van der Waals surface area contributed by atoms with E-state index >= 15 is 0 Å². The summed E-state index contributed by atoms with van der Waals surface area (Å²) in [6.07, 6.45) is 6.57. The summed E-state index contributed by atoms with van der Waals surface area (Å²) in [4.78, 5) is 29.1. The molecule has 0 atom stereocenters. The molecule has 1 saturated carbocycles. The van der Waals surface area contributed by atoms with E-state index in [4.69, 9.17) is 0 Å². The first-order valence-corrected chi connectivity index (χ1v) is 9.88. The average Bonchev–Trinajstić information content (AvgIpc) is 3.02. The van der Waals surface area contributed by atoms with Crippen molar-refractivity contribution in [1.82, 2.24) is 15.1 Å². The van der Waals surface area contributed by atoms with Crippen molar-refractivity contribution in [2.24, 2.45) is 0 Å². The lowest BCUT2D eigenvalue weighted by Gasteiger charge is -2.48. The molecule has 140 valence electrons. The van der Waals surface area contributed by atoms with Crippen molar-refractivity contribution in [3.8, 4) is 0 Å². The lowest BCUT2D eigenvalue weighted by Crippen LogP contribution is -2.57. The van der Waals surface area contributed by atoms with Gasteiger partial charge in [0.2, 0.25) is 0 Å². The Morgan fingerprint density at radius 2 is 1.85 bits per heavy atom. The first-order valence-electron chi connectivity index (χ1n) is 9.88. The lowest BCUT2D eigenvalue weighted by molar-refractivity contribution is 0.0446. The number of carbonyl (C=O) groups excluding carboxylic acids is 2. The minimum atomic E-state index is -0.252. The van der Waals surface area contributed by atoms with Gasteiger partial charge in [-0.15, -0.1) is 0 Å². The van der Waals surface area contributed by atoms with Gasteiger partial charge in [0.1, 0.15) is 0 Å². The summed E-state index contributed by atoms with van der Waals surface area (Å²) in [6, 6.07) is 8.14. The molecule has 1 aliphatic carbocycles. The highest BCUT2D eigenvalue weighted by molar-refractivity contribution is 5.95. The van der Waals surface area contributed by atoms with Crippen LogP contribution in [0.15, 0.2) is 24.3 Å². The Morgan fingerprint density at radius 1 is 1.12 bits per heavy atom. The normalized spacial score (nSPS) is 24.2. The molecule has 2 fully saturated rings. The van der Waals surface area contributed by atoms with Crippen molar-refractivity contribution in [1.29, 1.82) is 0 Å². The molecule has 1 saturated heterocycles. The van der Waals surface area contributed by atoms with E-state index in [1.807, 2.05) is 4.90 Å². The second-order valence-electron chi connectivity index (χ2n) is 8.76. The van der Waals surface area contributed by atoms with Gasteiger partial charge in [0.05, 0.1) is 0 Å². The number of hydrogen-bond donors (Lipinski definition) is 1. The largest absolute Gasteiger partial charge is 0.336 e. The van der Waals surface area contributed by atoms with E-state index in [-0.39, 0.29) is 23.0 Å². The predicted octanol–water partition coefficient (Wildman–Crippen LogP) is 4.02. The van der Waals surface area contributed by atoms with Gasteiger partial charge in [0.25, 0.3) is 0 Å². The molecule has 0 bridgehead atoms. The van der Waals surface area contributed by atoms with E-state index in [0.29, 0.717) is 19.6 Å². The third-order valence-electron chi connectivity index (χ3n) is 6.52. The molecule has 3 aliphatic rings. The first-order chi connectivity index (χ1) is 12.4. The van der Waals surface area contributed by atoms with Crippen LogP contribution in [-0.4, -0.2) is 40.5 Å². The Labute approximate surface area is 155 Å². The quantitative estimate of drug-likeness (QED) is 0.764. The van der Waals surface area contributed by atoms with Crippen LogP contribution >= 0.6 is 0 Å². The molecular formula is C21H29N3O2. The maximum atomic E-state index is 13.4. The molecule has 1 spiro atoms. The fourth-order valence-corrected chi connectivity index (χ4v) is 5.40. The van der Waals surface area contributed by atoms with E-state index in [9.17, 15) is 9.59 Å². The second-order valence-corrected chi connectivity index (χ2v) is 8.76. The predicted molar refractivity (Wildman–Crippen MR) is 101 cm³/mol. The van der Waals surface area contributed by atoms with Crippen molar-refractivity contribution < 1.29 is 9.59 Å². The standard InChI is InChI=1S/C21H29N3O2/c1-20(2)15-21(10-6-3-7-11-21)24(14-16-8-4-5-9-17(16)20)19(26)23-13-12-22-18(23)25/h4-5,8-9H,3,6-7,10-15H2,1-2H3,(H,22,25). The van der Waals surface area contributed by atoms with Crippen LogP contribution in [0.3, 0.4) is 0 Å². The van der Waals surface area contributed by atoms with Crippen molar-refractivity contribution in [2.45, 2.75) is 69.9 Å². The molecule has 1 N–H and O–H groups in total. The zero-order valence-electron chi connectivity index (χ0n) is 15.9. The number of fused-ring (bicyclic) bond motifs is 1. The van der Waals surface area contributed by atoms with E-state index in [1.54, 1.807) is 0 Å². The summed E-state index contributed by atoms with van der Waals surface area (Å²) in [6.45, 7) is 6.22. The monoisotopic (exact) mass is 355 g/mol. The summed E-state index contributed by atoms with van der Waals surface area (Å²) >= 11 is 0. The van der Waals surface area contributed by atoms with Gasteiger partial charge in [0.15, 0.2) is 0 Å². The number of hydrogen-bond acceptors (Lipinski definition) is 2. The van der Waals surface area contributed by atoms with Crippen molar-refractivity contribution >= 4 is 12.1 Å². The maximum Gasteiger partial charge on any atom is 0.328 e.